The van der Waals surface area contributed by atoms with Gasteiger partial charge in [0.25, 0.3) is 0 Å². The van der Waals surface area contributed by atoms with Crippen LogP contribution in [0.2, 0.25) is 0 Å². The molecule has 5 aromatic carbocycles. The van der Waals surface area contributed by atoms with Crippen LogP contribution < -0.4 is 21.2 Å². The number of hydrogen-bond donors (Lipinski definition) is 1. The normalized spacial score (nSPS) is 11.6. The summed E-state index contributed by atoms with van der Waals surface area (Å²) in [6.07, 6.45) is -0.620. The van der Waals surface area contributed by atoms with Crippen LogP contribution in [0.25, 0.3) is 0 Å². The summed E-state index contributed by atoms with van der Waals surface area (Å²) in [5.74, 6) is -1.24. The molecule has 7 heteroatoms. The molecule has 5 aromatic rings. The highest BCUT2D eigenvalue weighted by Crippen LogP contribution is 2.47. The summed E-state index contributed by atoms with van der Waals surface area (Å²) in [6.45, 7) is -1.35. The summed E-state index contributed by atoms with van der Waals surface area (Å²) in [5, 5.41) is 5.26. The first-order valence-corrected chi connectivity index (χ1v) is 17.0. The van der Waals surface area contributed by atoms with Gasteiger partial charge in [-0.15, -0.1) is 0 Å². The number of ether oxygens (including phenoxy) is 2. The summed E-state index contributed by atoms with van der Waals surface area (Å²) < 4.78 is 11.2. The van der Waals surface area contributed by atoms with E-state index in [1.54, 1.807) is 6.92 Å². The summed E-state index contributed by atoms with van der Waals surface area (Å²) in [6, 6.07) is 46.4. The van der Waals surface area contributed by atoms with Crippen LogP contribution in [0.5, 0.6) is 0 Å². The maximum absolute atomic E-state index is 15.2. The Morgan fingerprint density at radius 2 is 1.00 bits per heavy atom. The fraction of sp³-hybridized carbons (Fsp3) is 0.128. The van der Waals surface area contributed by atoms with Gasteiger partial charge in [0.15, 0.2) is 5.78 Å². The summed E-state index contributed by atoms with van der Waals surface area (Å²) in [7, 11) is 0. The number of alkyl carbamates (subject to hydrolysis) is 1. The molecule has 1 atom stereocenters. The Bertz CT molecular complexity index is 1690. The van der Waals surface area contributed by atoms with E-state index in [1.165, 1.54) is 0 Å². The molecular formula is C39H36NO5P. The first kappa shape index (κ1) is 32.2. The molecule has 0 spiro atoms. The van der Waals surface area contributed by atoms with Crippen LogP contribution in [0.3, 0.4) is 0 Å². The van der Waals surface area contributed by atoms with E-state index in [0.29, 0.717) is 0 Å². The number of benzene rings is 5. The van der Waals surface area contributed by atoms with Gasteiger partial charge in [-0.3, -0.25) is 4.79 Å². The number of amides is 1. The lowest BCUT2D eigenvalue weighted by Gasteiger charge is -2.32. The highest BCUT2D eigenvalue weighted by Gasteiger charge is 2.40. The maximum atomic E-state index is 15.2. The highest BCUT2D eigenvalue weighted by atomic mass is 31.2. The highest BCUT2D eigenvalue weighted by molar-refractivity contribution is 7.97. The fourth-order valence-electron chi connectivity index (χ4n) is 5.52. The van der Waals surface area contributed by atoms with Crippen LogP contribution in [-0.2, 0) is 32.1 Å². The van der Waals surface area contributed by atoms with Crippen LogP contribution in [0, 0.1) is 0 Å². The van der Waals surface area contributed by atoms with E-state index in [2.05, 4.69) is 5.32 Å². The number of nitrogens with one attached hydrogen (secondary N) is 1. The van der Waals surface area contributed by atoms with E-state index in [4.69, 9.17) is 9.47 Å². The van der Waals surface area contributed by atoms with Crippen molar-refractivity contribution < 1.29 is 23.9 Å². The molecule has 5 rings (SSSR count). The average Bonchev–Trinajstić information content (AvgIpc) is 3.11. The Hall–Kier alpha value is -5.19. The summed E-state index contributed by atoms with van der Waals surface area (Å²) in [4.78, 5) is 42.8. The molecule has 232 valence electrons. The van der Waals surface area contributed by atoms with Gasteiger partial charge in [-0.25, -0.2) is 9.59 Å². The minimum atomic E-state index is -3.17. The predicted molar refractivity (Wildman–Crippen MR) is 185 cm³/mol. The molecule has 0 saturated heterocycles. The first-order chi connectivity index (χ1) is 22.5. The first-order valence-electron chi connectivity index (χ1n) is 15.2. The van der Waals surface area contributed by atoms with Gasteiger partial charge in [0.1, 0.15) is 11.9 Å². The van der Waals surface area contributed by atoms with Crippen LogP contribution in [0.1, 0.15) is 18.1 Å². The fourth-order valence-corrected chi connectivity index (χ4v) is 9.87. The van der Waals surface area contributed by atoms with Gasteiger partial charge < -0.3 is 14.8 Å². The standard InChI is InChI=1S/C39H36NO5P/c1-2-44-38(42)37(46(32-22-12-5-13-23-32,33-24-14-6-15-25-33)34-26-16-7-17-27-34)36(41)35(28-30-18-8-3-9-19-30)40-39(43)45-29-31-20-10-4-11-21-31/h3-27,35H,2,28-29H2,1H3,(H,40,43)/t35-/m0/s1. The zero-order chi connectivity index (χ0) is 32.2. The maximum Gasteiger partial charge on any atom is 0.408 e. The molecule has 0 radical (unpaired) electrons. The van der Waals surface area contributed by atoms with E-state index in [9.17, 15) is 9.59 Å². The van der Waals surface area contributed by atoms with Crippen molar-refractivity contribution in [2.45, 2.75) is 26.0 Å². The molecular weight excluding hydrogens is 593 g/mol. The number of carbonyl (C=O) groups is 3. The van der Waals surface area contributed by atoms with Crippen molar-refractivity contribution in [3.8, 4) is 0 Å². The second-order valence-electron chi connectivity index (χ2n) is 10.6. The van der Waals surface area contributed by atoms with Gasteiger partial charge in [-0.2, -0.15) is 0 Å². The topological polar surface area (TPSA) is 81.7 Å². The lowest BCUT2D eigenvalue weighted by molar-refractivity contribution is -0.135. The summed E-state index contributed by atoms with van der Waals surface area (Å²) >= 11 is 0. The van der Waals surface area contributed by atoms with Crippen LogP contribution in [0.4, 0.5) is 4.79 Å². The van der Waals surface area contributed by atoms with E-state index < -0.39 is 30.8 Å². The number of esters is 1. The monoisotopic (exact) mass is 629 g/mol. The number of ketones is 1. The minimum Gasteiger partial charge on any atom is -0.462 e. The molecule has 0 aliphatic carbocycles. The average molecular weight is 630 g/mol. The molecule has 0 unspecified atom stereocenters. The van der Waals surface area contributed by atoms with Gasteiger partial charge in [-0.1, -0.05) is 152 Å². The molecule has 1 N–H and O–H groups in total. The smallest absolute Gasteiger partial charge is 0.408 e. The molecule has 0 heterocycles. The van der Waals surface area contributed by atoms with Gasteiger partial charge >= 0.3 is 12.1 Å². The minimum absolute atomic E-state index is 0.00207. The molecule has 0 aliphatic heterocycles. The van der Waals surface area contributed by atoms with E-state index in [-0.39, 0.29) is 24.9 Å². The van der Waals surface area contributed by atoms with Gasteiger partial charge in [-0.05, 0) is 40.9 Å². The summed E-state index contributed by atoms with van der Waals surface area (Å²) in [5.41, 5.74) is 1.63. The lowest BCUT2D eigenvalue weighted by Crippen LogP contribution is -2.50. The van der Waals surface area contributed by atoms with Crippen molar-refractivity contribution in [1.29, 1.82) is 0 Å². The Morgan fingerprint density at radius 3 is 1.43 bits per heavy atom. The lowest BCUT2D eigenvalue weighted by atomic mass is 10.0. The number of Topliss-reactive ketones (excluding diaryl/α,β-unsaturated/α-hetero) is 1. The second-order valence-corrected chi connectivity index (χ2v) is 13.9. The number of rotatable bonds is 12. The van der Waals surface area contributed by atoms with Crippen molar-refractivity contribution in [3.05, 3.63) is 163 Å². The van der Waals surface area contributed by atoms with Gasteiger partial charge in [0, 0.05) is 6.42 Å². The van der Waals surface area contributed by atoms with Gasteiger partial charge in [0.2, 0.25) is 0 Å². The third-order valence-corrected chi connectivity index (χ3v) is 11.9. The molecule has 1 amide bonds. The number of hydrogen-bond acceptors (Lipinski definition) is 5. The van der Waals surface area contributed by atoms with E-state index in [1.807, 2.05) is 152 Å². The molecule has 0 saturated carbocycles. The van der Waals surface area contributed by atoms with Crippen molar-refractivity contribution in [1.82, 2.24) is 5.32 Å². The Balaban J connectivity index is 1.74. The van der Waals surface area contributed by atoms with Crippen molar-refractivity contribution >= 4 is 45.9 Å². The Kier molecular flexibility index (Phi) is 11.0. The van der Waals surface area contributed by atoms with Crippen molar-refractivity contribution in [2.24, 2.45) is 0 Å². The molecule has 0 aromatic heterocycles. The van der Waals surface area contributed by atoms with Crippen LogP contribution in [0.15, 0.2) is 152 Å². The molecule has 0 bridgehead atoms. The zero-order valence-corrected chi connectivity index (χ0v) is 26.5. The molecule has 46 heavy (non-hydrogen) atoms. The van der Waals surface area contributed by atoms with Crippen LogP contribution in [-0.4, -0.2) is 35.8 Å². The Morgan fingerprint density at radius 1 is 0.587 bits per heavy atom. The Labute approximate surface area is 270 Å². The van der Waals surface area contributed by atoms with E-state index in [0.717, 1.165) is 27.0 Å². The quantitative estimate of drug-likeness (QED) is 0.107. The third kappa shape index (κ3) is 7.36. The SMILES string of the molecule is CCOC(=O)C(C(=O)[C@H](Cc1ccccc1)NC(=O)OCc1ccccc1)=P(c1ccccc1)(c1ccccc1)c1ccccc1. The van der Waals surface area contributed by atoms with Crippen molar-refractivity contribution in [2.75, 3.05) is 6.61 Å². The largest absolute Gasteiger partial charge is 0.462 e. The third-order valence-electron chi connectivity index (χ3n) is 7.57. The molecule has 6 nitrogen and oxygen atoms in total. The van der Waals surface area contributed by atoms with E-state index >= 15 is 4.79 Å². The van der Waals surface area contributed by atoms with Crippen LogP contribution >= 0.6 is 6.89 Å². The molecule has 0 aliphatic rings. The predicted octanol–water partition coefficient (Wildman–Crippen LogP) is 5.82. The number of carbonyl (C=O) groups excluding carboxylic acids is 3. The molecule has 0 fully saturated rings. The second kappa shape index (κ2) is 15.7. The zero-order valence-electron chi connectivity index (χ0n) is 25.6. The van der Waals surface area contributed by atoms with Crippen molar-refractivity contribution in [3.63, 3.8) is 0 Å². The van der Waals surface area contributed by atoms with Gasteiger partial charge in [0.05, 0.1) is 12.6 Å².